The van der Waals surface area contributed by atoms with Crippen LogP contribution in [0.1, 0.15) is 17.9 Å². The van der Waals surface area contributed by atoms with E-state index in [2.05, 4.69) is 9.88 Å². The monoisotopic (exact) mass is 308 g/mol. The third-order valence-electron chi connectivity index (χ3n) is 3.93. The van der Waals surface area contributed by atoms with Crippen molar-refractivity contribution in [3.63, 3.8) is 0 Å². The van der Waals surface area contributed by atoms with E-state index in [1.807, 2.05) is 7.05 Å². The average molecular weight is 308 g/mol. The van der Waals surface area contributed by atoms with Crippen LogP contribution in [0.5, 0.6) is 0 Å². The van der Waals surface area contributed by atoms with Crippen LogP contribution in [0.4, 0.5) is 8.78 Å². The average Bonchev–Trinajstić information content (AvgIpc) is 3.08. The summed E-state index contributed by atoms with van der Waals surface area (Å²) in [5.41, 5.74) is 1.08. The van der Waals surface area contributed by atoms with E-state index in [1.165, 1.54) is 12.1 Å². The van der Waals surface area contributed by atoms with E-state index >= 15 is 0 Å². The first-order chi connectivity index (χ1) is 10.5. The van der Waals surface area contributed by atoms with E-state index < -0.39 is 11.6 Å². The smallest absolute Gasteiger partial charge is 0.226 e. The molecule has 2 heterocycles. The lowest BCUT2D eigenvalue weighted by molar-refractivity contribution is 0.155. The van der Waals surface area contributed by atoms with Crippen molar-refractivity contribution in [2.75, 3.05) is 20.3 Å². The summed E-state index contributed by atoms with van der Waals surface area (Å²) in [5, 5.41) is 0. The van der Waals surface area contributed by atoms with Crippen molar-refractivity contribution in [2.45, 2.75) is 25.9 Å². The van der Waals surface area contributed by atoms with Crippen molar-refractivity contribution in [1.82, 2.24) is 9.88 Å². The zero-order valence-electron chi connectivity index (χ0n) is 12.6. The summed E-state index contributed by atoms with van der Waals surface area (Å²) in [7, 11) is 2.01. The maximum Gasteiger partial charge on any atom is 0.226 e. The molecule has 1 atom stereocenters. The molecule has 0 spiro atoms. The molecule has 0 aliphatic carbocycles. The quantitative estimate of drug-likeness (QED) is 0.870. The molecule has 22 heavy (non-hydrogen) atoms. The number of benzene rings is 1. The number of halogens is 2. The van der Waals surface area contributed by atoms with Gasteiger partial charge in [-0.2, -0.15) is 0 Å². The summed E-state index contributed by atoms with van der Waals surface area (Å²) in [6.45, 7) is 3.91. The van der Waals surface area contributed by atoms with Gasteiger partial charge in [0.1, 0.15) is 17.4 Å². The van der Waals surface area contributed by atoms with Gasteiger partial charge in [-0.1, -0.05) is 0 Å². The number of rotatable bonds is 4. The Kier molecular flexibility index (Phi) is 4.22. The number of hydrogen-bond donors (Lipinski definition) is 0. The number of likely N-dealkylation sites (N-methyl/N-ethyl adjacent to an activating group) is 1. The van der Waals surface area contributed by atoms with E-state index in [1.54, 1.807) is 6.92 Å². The zero-order valence-corrected chi connectivity index (χ0v) is 12.6. The highest BCUT2D eigenvalue weighted by Crippen LogP contribution is 2.25. The topological polar surface area (TPSA) is 38.5 Å². The van der Waals surface area contributed by atoms with Crippen LogP contribution in [0.2, 0.25) is 0 Å². The van der Waals surface area contributed by atoms with Crippen LogP contribution in [-0.2, 0) is 11.3 Å². The van der Waals surface area contributed by atoms with Crippen LogP contribution < -0.4 is 0 Å². The lowest BCUT2D eigenvalue weighted by Crippen LogP contribution is -2.31. The molecule has 1 fully saturated rings. The highest BCUT2D eigenvalue weighted by molar-refractivity contribution is 5.53. The van der Waals surface area contributed by atoms with Gasteiger partial charge in [0.2, 0.25) is 5.89 Å². The molecule has 4 nitrogen and oxygen atoms in total. The van der Waals surface area contributed by atoms with Crippen molar-refractivity contribution >= 4 is 0 Å². The van der Waals surface area contributed by atoms with E-state index in [9.17, 15) is 8.78 Å². The molecule has 1 aromatic heterocycles. The second kappa shape index (κ2) is 6.14. The molecule has 118 valence electrons. The fourth-order valence-corrected chi connectivity index (χ4v) is 2.61. The number of aromatic nitrogens is 1. The molecular weight excluding hydrogens is 290 g/mol. The largest absolute Gasteiger partial charge is 0.441 e. The first-order valence-corrected chi connectivity index (χ1v) is 7.23. The van der Waals surface area contributed by atoms with E-state index in [0.717, 1.165) is 31.4 Å². The maximum absolute atomic E-state index is 13.3. The minimum absolute atomic E-state index is 0.238. The van der Waals surface area contributed by atoms with Crippen molar-refractivity contribution in [3.05, 3.63) is 41.3 Å². The van der Waals surface area contributed by atoms with Gasteiger partial charge in [0.25, 0.3) is 0 Å². The molecule has 0 N–H and O–H groups in total. The van der Waals surface area contributed by atoms with E-state index in [0.29, 0.717) is 23.9 Å². The molecule has 1 aliphatic heterocycles. The van der Waals surface area contributed by atoms with Gasteiger partial charge in [-0.05, 0) is 32.5 Å². The van der Waals surface area contributed by atoms with Crippen LogP contribution in [0.25, 0.3) is 11.5 Å². The molecule has 1 saturated heterocycles. The molecule has 1 aromatic carbocycles. The molecule has 0 saturated carbocycles. The summed E-state index contributed by atoms with van der Waals surface area (Å²) in [4.78, 5) is 6.55. The van der Waals surface area contributed by atoms with E-state index in [-0.39, 0.29) is 5.89 Å². The predicted octanol–water partition coefficient (Wildman–Crippen LogP) is 3.15. The van der Waals surface area contributed by atoms with Crippen molar-refractivity contribution in [1.29, 1.82) is 0 Å². The van der Waals surface area contributed by atoms with Crippen molar-refractivity contribution in [3.8, 4) is 11.5 Å². The van der Waals surface area contributed by atoms with Crippen LogP contribution in [-0.4, -0.2) is 36.2 Å². The second-order valence-electron chi connectivity index (χ2n) is 5.61. The summed E-state index contributed by atoms with van der Waals surface area (Å²) in [6, 6.07) is 3.62. The van der Waals surface area contributed by atoms with Crippen LogP contribution in [0.3, 0.4) is 0 Å². The Morgan fingerprint density at radius 1 is 1.27 bits per heavy atom. The fourth-order valence-electron chi connectivity index (χ4n) is 2.61. The van der Waals surface area contributed by atoms with Crippen LogP contribution >= 0.6 is 0 Å². The Labute approximate surface area is 127 Å². The molecule has 1 aliphatic rings. The van der Waals surface area contributed by atoms with Gasteiger partial charge < -0.3 is 9.15 Å². The van der Waals surface area contributed by atoms with Gasteiger partial charge >= 0.3 is 0 Å². The molecule has 0 bridgehead atoms. The van der Waals surface area contributed by atoms with Gasteiger partial charge in [-0.25, -0.2) is 13.8 Å². The Morgan fingerprint density at radius 3 is 2.64 bits per heavy atom. The summed E-state index contributed by atoms with van der Waals surface area (Å²) in [5.74, 6) is -0.396. The Bertz CT molecular complexity index is 646. The van der Waals surface area contributed by atoms with Crippen LogP contribution in [0.15, 0.2) is 22.6 Å². The summed E-state index contributed by atoms with van der Waals surface area (Å²) >= 11 is 0. The Balaban J connectivity index is 1.81. The lowest BCUT2D eigenvalue weighted by atomic mass is 10.2. The van der Waals surface area contributed by atoms with Crippen LogP contribution in [0, 0.1) is 18.6 Å². The molecule has 3 rings (SSSR count). The third kappa shape index (κ3) is 3.18. The summed E-state index contributed by atoms with van der Waals surface area (Å²) in [6.07, 6.45) is 0.995. The number of aryl methyl sites for hydroxylation is 1. The van der Waals surface area contributed by atoms with Gasteiger partial charge in [0.05, 0.1) is 12.3 Å². The third-order valence-corrected chi connectivity index (χ3v) is 3.93. The van der Waals surface area contributed by atoms with Crippen molar-refractivity contribution < 1.29 is 17.9 Å². The molecule has 2 aromatic rings. The second-order valence-corrected chi connectivity index (χ2v) is 5.61. The number of ether oxygens (including phenoxy) is 1. The molecule has 1 unspecified atom stereocenters. The molecular formula is C16H18F2N2O2. The maximum atomic E-state index is 13.3. The Hall–Kier alpha value is -1.79. The van der Waals surface area contributed by atoms with E-state index in [4.69, 9.17) is 9.15 Å². The molecule has 6 heteroatoms. The highest BCUT2D eigenvalue weighted by atomic mass is 19.1. The molecule has 0 amide bonds. The molecule has 0 radical (unpaired) electrons. The zero-order chi connectivity index (χ0) is 15.7. The van der Waals surface area contributed by atoms with Gasteiger partial charge in [-0.15, -0.1) is 0 Å². The minimum atomic E-state index is -0.646. The minimum Gasteiger partial charge on any atom is -0.441 e. The van der Waals surface area contributed by atoms with Gasteiger partial charge in [-0.3, -0.25) is 4.90 Å². The van der Waals surface area contributed by atoms with Gasteiger partial charge in [0.15, 0.2) is 0 Å². The van der Waals surface area contributed by atoms with Crippen molar-refractivity contribution in [2.24, 2.45) is 0 Å². The number of oxazole rings is 1. The SMILES string of the molecule is Cc1oc(-c2cc(F)cc(F)c2)nc1CN(C)C1CCOC1. The first kappa shape index (κ1) is 15.1. The van der Waals surface area contributed by atoms with Gasteiger partial charge in [0, 0.05) is 30.8 Å². The highest BCUT2D eigenvalue weighted by Gasteiger charge is 2.22. The summed E-state index contributed by atoms with van der Waals surface area (Å²) < 4.78 is 37.6. The predicted molar refractivity (Wildman–Crippen MR) is 77.3 cm³/mol. The first-order valence-electron chi connectivity index (χ1n) is 7.23. The fraction of sp³-hybridized carbons (Fsp3) is 0.438. The normalized spacial score (nSPS) is 18.3. The number of nitrogens with zero attached hydrogens (tertiary/aromatic N) is 2. The Morgan fingerprint density at radius 2 is 2.00 bits per heavy atom. The number of hydrogen-bond acceptors (Lipinski definition) is 4. The standard InChI is InChI=1S/C16H18F2N2O2/c1-10-15(8-20(2)14-3-4-21-9-14)19-16(22-10)11-5-12(17)7-13(18)6-11/h5-7,14H,3-4,8-9H2,1-2H3. The lowest BCUT2D eigenvalue weighted by Gasteiger charge is -2.21.